The molecule has 0 aliphatic heterocycles. The highest BCUT2D eigenvalue weighted by molar-refractivity contribution is 5.80. The van der Waals surface area contributed by atoms with Gasteiger partial charge >= 0.3 is 18.2 Å². The van der Waals surface area contributed by atoms with Crippen molar-refractivity contribution in [3.63, 3.8) is 0 Å². The molecule has 0 bridgehead atoms. The number of carbonyl (C=O) groups excluding carboxylic acids is 3. The Labute approximate surface area is 158 Å². The Bertz CT molecular complexity index is 616. The normalized spacial score (nSPS) is 12.0. The molecule has 0 saturated heterocycles. The van der Waals surface area contributed by atoms with Gasteiger partial charge in [0.2, 0.25) is 0 Å². The quantitative estimate of drug-likeness (QED) is 0.504. The largest absolute Gasteiger partial charge is 0.445 e. The first-order chi connectivity index (χ1) is 12.7. The summed E-state index contributed by atoms with van der Waals surface area (Å²) in [5.74, 6) is 0. The minimum atomic E-state index is -1.63. The predicted molar refractivity (Wildman–Crippen MR) is 97.8 cm³/mol. The molecule has 0 aliphatic carbocycles. The fourth-order valence-corrected chi connectivity index (χ4v) is 2.13. The number of amides is 2. The highest BCUT2D eigenvalue weighted by atomic mass is 19.1. The molecule has 0 spiro atoms. The molecule has 1 aromatic rings. The summed E-state index contributed by atoms with van der Waals surface area (Å²) in [5.41, 5.74) is 0.198. The SMILES string of the molecule is CC(C)(C)OC(=O)NCCCC[C@H](NC(=O)OCc1ccccc1)C(=O)F. The zero-order chi connectivity index (χ0) is 20.3. The Morgan fingerprint density at radius 1 is 1.07 bits per heavy atom. The van der Waals surface area contributed by atoms with Crippen molar-refractivity contribution >= 4 is 18.2 Å². The average Bonchev–Trinajstić information content (AvgIpc) is 2.57. The summed E-state index contributed by atoms with van der Waals surface area (Å²) in [6.07, 6.45) is -0.366. The van der Waals surface area contributed by atoms with Crippen LogP contribution in [0.1, 0.15) is 45.6 Å². The Morgan fingerprint density at radius 3 is 2.33 bits per heavy atom. The third-order valence-electron chi connectivity index (χ3n) is 3.37. The number of hydrogen-bond donors (Lipinski definition) is 2. The van der Waals surface area contributed by atoms with Gasteiger partial charge < -0.3 is 20.1 Å². The van der Waals surface area contributed by atoms with Crippen molar-refractivity contribution in [1.29, 1.82) is 0 Å². The number of rotatable bonds is 9. The van der Waals surface area contributed by atoms with Crippen LogP contribution in [0.15, 0.2) is 30.3 Å². The third kappa shape index (κ3) is 10.8. The van der Waals surface area contributed by atoms with Gasteiger partial charge in [-0.2, -0.15) is 4.39 Å². The first-order valence-electron chi connectivity index (χ1n) is 8.81. The predicted octanol–water partition coefficient (Wildman–Crippen LogP) is 3.47. The van der Waals surface area contributed by atoms with E-state index in [-0.39, 0.29) is 13.0 Å². The van der Waals surface area contributed by atoms with Gasteiger partial charge in [0, 0.05) is 6.54 Å². The van der Waals surface area contributed by atoms with E-state index in [0.29, 0.717) is 19.4 Å². The van der Waals surface area contributed by atoms with Crippen molar-refractivity contribution in [3.05, 3.63) is 35.9 Å². The molecule has 0 fully saturated rings. The van der Waals surface area contributed by atoms with Crippen molar-refractivity contribution < 1.29 is 28.2 Å². The van der Waals surface area contributed by atoms with Crippen LogP contribution in [0.4, 0.5) is 14.0 Å². The average molecular weight is 382 g/mol. The molecule has 1 aromatic carbocycles. The zero-order valence-electron chi connectivity index (χ0n) is 15.9. The molecular formula is C19H27FN2O5. The van der Waals surface area contributed by atoms with Crippen LogP contribution >= 0.6 is 0 Å². The number of unbranched alkanes of at least 4 members (excludes halogenated alkanes) is 1. The summed E-state index contributed by atoms with van der Waals surface area (Å²) in [6.45, 7) is 5.62. The van der Waals surface area contributed by atoms with E-state index in [1.165, 1.54) is 0 Å². The van der Waals surface area contributed by atoms with Crippen molar-refractivity contribution in [1.82, 2.24) is 10.6 Å². The van der Waals surface area contributed by atoms with Gasteiger partial charge in [0.15, 0.2) is 0 Å². The number of benzene rings is 1. The molecule has 1 rings (SSSR count). The molecule has 0 aromatic heterocycles. The molecular weight excluding hydrogens is 355 g/mol. The van der Waals surface area contributed by atoms with Gasteiger partial charge in [0.05, 0.1) is 0 Å². The lowest BCUT2D eigenvalue weighted by Crippen LogP contribution is -2.39. The summed E-state index contributed by atoms with van der Waals surface area (Å²) in [6, 6.07) is 6.09. The first kappa shape index (κ1) is 22.4. The lowest BCUT2D eigenvalue weighted by Gasteiger charge is -2.19. The number of alkyl carbamates (subject to hydrolysis) is 2. The van der Waals surface area contributed by atoms with E-state index in [4.69, 9.17) is 9.47 Å². The lowest BCUT2D eigenvalue weighted by atomic mass is 10.1. The van der Waals surface area contributed by atoms with Crippen molar-refractivity contribution in [2.75, 3.05) is 6.54 Å². The first-order valence-corrected chi connectivity index (χ1v) is 8.81. The van der Waals surface area contributed by atoms with Crippen LogP contribution in [0.5, 0.6) is 0 Å². The highest BCUT2D eigenvalue weighted by Crippen LogP contribution is 2.07. The Balaban J connectivity index is 2.26. The molecule has 0 saturated carbocycles. The summed E-state index contributed by atoms with van der Waals surface area (Å²) in [4.78, 5) is 34.2. The minimum Gasteiger partial charge on any atom is -0.445 e. The van der Waals surface area contributed by atoms with E-state index in [9.17, 15) is 18.8 Å². The fraction of sp³-hybridized carbons (Fsp3) is 0.526. The second-order valence-corrected chi connectivity index (χ2v) is 6.99. The number of carbonyl (C=O) groups is 3. The molecule has 150 valence electrons. The second kappa shape index (κ2) is 11.2. The second-order valence-electron chi connectivity index (χ2n) is 6.99. The van der Waals surface area contributed by atoms with Crippen molar-refractivity contribution in [3.8, 4) is 0 Å². The van der Waals surface area contributed by atoms with Gasteiger partial charge in [-0.05, 0) is 45.6 Å². The van der Waals surface area contributed by atoms with Crippen LogP contribution in [0.3, 0.4) is 0 Å². The summed E-state index contributed by atoms with van der Waals surface area (Å²) < 4.78 is 23.2. The Kier molecular flexibility index (Phi) is 9.25. The molecule has 0 aliphatic rings. The summed E-state index contributed by atoms with van der Waals surface area (Å²) >= 11 is 0. The molecule has 2 amide bonds. The molecule has 0 unspecified atom stereocenters. The molecule has 2 N–H and O–H groups in total. The number of halogens is 1. The monoisotopic (exact) mass is 382 g/mol. The van der Waals surface area contributed by atoms with E-state index in [1.807, 2.05) is 6.07 Å². The maximum atomic E-state index is 13.1. The van der Waals surface area contributed by atoms with E-state index < -0.39 is 29.9 Å². The standard InChI is InChI=1S/C19H27FN2O5/c1-19(2,3)27-17(24)21-12-8-7-11-15(16(20)23)22-18(25)26-13-14-9-5-4-6-10-14/h4-6,9-10,15H,7-8,11-13H2,1-3H3,(H,21,24)(H,22,25)/t15-/m0/s1. The van der Waals surface area contributed by atoms with Crippen molar-refractivity contribution in [2.24, 2.45) is 0 Å². The van der Waals surface area contributed by atoms with Crippen LogP contribution in [0.2, 0.25) is 0 Å². The maximum Gasteiger partial charge on any atom is 0.408 e. The number of nitrogens with one attached hydrogen (secondary N) is 2. The van der Waals surface area contributed by atoms with E-state index in [0.717, 1.165) is 5.56 Å². The molecule has 1 atom stereocenters. The van der Waals surface area contributed by atoms with Crippen LogP contribution < -0.4 is 10.6 Å². The van der Waals surface area contributed by atoms with E-state index >= 15 is 0 Å². The number of ether oxygens (including phenoxy) is 2. The lowest BCUT2D eigenvalue weighted by molar-refractivity contribution is -0.131. The minimum absolute atomic E-state index is 0.0275. The smallest absolute Gasteiger partial charge is 0.408 e. The van der Waals surface area contributed by atoms with E-state index in [2.05, 4.69) is 10.6 Å². The van der Waals surface area contributed by atoms with Gasteiger partial charge in [-0.25, -0.2) is 9.59 Å². The fourth-order valence-electron chi connectivity index (χ4n) is 2.13. The number of hydrogen-bond acceptors (Lipinski definition) is 5. The molecule has 27 heavy (non-hydrogen) atoms. The van der Waals surface area contributed by atoms with E-state index in [1.54, 1.807) is 45.0 Å². The molecule has 7 nitrogen and oxygen atoms in total. The van der Waals surface area contributed by atoms with Crippen LogP contribution in [0.25, 0.3) is 0 Å². The molecule has 0 radical (unpaired) electrons. The van der Waals surface area contributed by atoms with Gasteiger partial charge in [0.1, 0.15) is 18.2 Å². The van der Waals surface area contributed by atoms with Gasteiger partial charge in [-0.1, -0.05) is 30.3 Å². The van der Waals surface area contributed by atoms with Crippen LogP contribution in [0, 0.1) is 0 Å². The maximum absolute atomic E-state index is 13.1. The van der Waals surface area contributed by atoms with Gasteiger partial charge in [-0.3, -0.25) is 4.79 Å². The molecule has 0 heterocycles. The summed E-state index contributed by atoms with van der Waals surface area (Å²) in [7, 11) is 0. The highest BCUT2D eigenvalue weighted by Gasteiger charge is 2.21. The zero-order valence-corrected chi connectivity index (χ0v) is 15.9. The van der Waals surface area contributed by atoms with Crippen molar-refractivity contribution in [2.45, 2.75) is 58.3 Å². The summed E-state index contributed by atoms with van der Waals surface area (Å²) in [5, 5.41) is 4.79. The Hall–Kier alpha value is -2.64. The van der Waals surface area contributed by atoms with Gasteiger partial charge in [-0.15, -0.1) is 0 Å². The molecule has 8 heteroatoms. The van der Waals surface area contributed by atoms with Gasteiger partial charge in [0.25, 0.3) is 0 Å². The Morgan fingerprint density at radius 2 is 1.74 bits per heavy atom. The third-order valence-corrected chi connectivity index (χ3v) is 3.37. The van der Waals surface area contributed by atoms with Crippen LogP contribution in [-0.2, 0) is 20.9 Å². The van der Waals surface area contributed by atoms with Crippen LogP contribution in [-0.4, -0.2) is 36.4 Å². The topological polar surface area (TPSA) is 93.7 Å².